The second-order valence-electron chi connectivity index (χ2n) is 5.63. The highest BCUT2D eigenvalue weighted by Crippen LogP contribution is 2.10. The van der Waals surface area contributed by atoms with Crippen LogP contribution in [0.1, 0.15) is 22.5 Å². The highest BCUT2D eigenvalue weighted by molar-refractivity contribution is 5.94. The minimum atomic E-state index is 0.00562. The number of hydrogen-bond acceptors (Lipinski definition) is 3. The Balaban J connectivity index is 1.59. The molecule has 3 heterocycles. The third-order valence-corrected chi connectivity index (χ3v) is 4.07. The van der Waals surface area contributed by atoms with Gasteiger partial charge < -0.3 is 14.8 Å². The van der Waals surface area contributed by atoms with E-state index in [0.717, 1.165) is 12.1 Å². The summed E-state index contributed by atoms with van der Waals surface area (Å²) in [6.07, 6.45) is 6.24. The van der Waals surface area contributed by atoms with Crippen LogP contribution in [0, 0.1) is 0 Å². The summed E-state index contributed by atoms with van der Waals surface area (Å²) in [6, 6.07) is 7.25. The van der Waals surface area contributed by atoms with E-state index in [1.54, 1.807) is 24.5 Å². The molecule has 1 fully saturated rings. The Hall–Kier alpha value is -2.63. The third-order valence-electron chi connectivity index (χ3n) is 4.07. The van der Waals surface area contributed by atoms with Crippen molar-refractivity contribution in [1.82, 2.24) is 19.8 Å². The van der Waals surface area contributed by atoms with Crippen molar-refractivity contribution in [2.24, 2.45) is 0 Å². The van der Waals surface area contributed by atoms with Gasteiger partial charge in [0.1, 0.15) is 0 Å². The quantitative estimate of drug-likeness (QED) is 0.929. The number of nitrogens with one attached hydrogen (secondary N) is 1. The number of amides is 2. The van der Waals surface area contributed by atoms with E-state index in [0.29, 0.717) is 38.2 Å². The van der Waals surface area contributed by atoms with Crippen LogP contribution in [0.15, 0.2) is 42.9 Å². The number of aromatic amines is 1. The minimum absolute atomic E-state index is 0.00562. The highest BCUT2D eigenvalue weighted by atomic mass is 16.2. The Bertz CT molecular complexity index is 654. The van der Waals surface area contributed by atoms with Crippen LogP contribution >= 0.6 is 0 Å². The van der Waals surface area contributed by atoms with E-state index >= 15 is 0 Å². The molecule has 0 bridgehead atoms. The van der Waals surface area contributed by atoms with Gasteiger partial charge in [-0.3, -0.25) is 14.6 Å². The zero-order valence-corrected chi connectivity index (χ0v) is 12.9. The molecule has 23 heavy (non-hydrogen) atoms. The Morgan fingerprint density at radius 2 is 1.78 bits per heavy atom. The lowest BCUT2D eigenvalue weighted by atomic mass is 10.2. The maximum absolute atomic E-state index is 12.5. The summed E-state index contributed by atoms with van der Waals surface area (Å²) in [5.74, 6) is 0.108. The van der Waals surface area contributed by atoms with Crippen molar-refractivity contribution in [3.63, 3.8) is 0 Å². The number of carbonyl (C=O) groups is 2. The average molecular weight is 312 g/mol. The standard InChI is InChI=1S/C17H20N4O2/c22-16(13-15-3-1-6-19-15)20-9-2-10-21(12-11-20)17(23)14-4-7-18-8-5-14/h1,3-8,19H,2,9-13H2. The van der Waals surface area contributed by atoms with Gasteiger partial charge in [0.2, 0.25) is 5.91 Å². The fraction of sp³-hybridized carbons (Fsp3) is 0.353. The summed E-state index contributed by atoms with van der Waals surface area (Å²) < 4.78 is 0. The van der Waals surface area contributed by atoms with Gasteiger partial charge in [0.25, 0.3) is 5.91 Å². The Morgan fingerprint density at radius 3 is 2.52 bits per heavy atom. The molecule has 3 rings (SSSR count). The molecule has 1 aliphatic rings. The first-order valence-electron chi connectivity index (χ1n) is 7.83. The molecule has 0 aliphatic carbocycles. The second kappa shape index (κ2) is 7.09. The van der Waals surface area contributed by atoms with Crippen molar-refractivity contribution in [3.05, 3.63) is 54.1 Å². The molecule has 0 atom stereocenters. The van der Waals surface area contributed by atoms with Crippen LogP contribution in [-0.2, 0) is 11.2 Å². The molecule has 0 spiro atoms. The number of H-pyrrole nitrogens is 1. The third kappa shape index (κ3) is 3.77. The summed E-state index contributed by atoms with van der Waals surface area (Å²) in [5, 5.41) is 0. The van der Waals surface area contributed by atoms with Gasteiger partial charge in [-0.25, -0.2) is 0 Å². The first-order chi connectivity index (χ1) is 11.2. The van der Waals surface area contributed by atoms with Crippen LogP contribution in [0.25, 0.3) is 0 Å². The molecule has 0 radical (unpaired) electrons. The van der Waals surface area contributed by atoms with Crippen molar-refractivity contribution < 1.29 is 9.59 Å². The molecule has 1 saturated heterocycles. The van der Waals surface area contributed by atoms with Crippen molar-refractivity contribution in [3.8, 4) is 0 Å². The van der Waals surface area contributed by atoms with Gasteiger partial charge in [-0.05, 0) is 30.7 Å². The molecular weight excluding hydrogens is 292 g/mol. The number of carbonyl (C=O) groups excluding carboxylic acids is 2. The maximum Gasteiger partial charge on any atom is 0.254 e. The normalized spacial score (nSPS) is 15.3. The topological polar surface area (TPSA) is 69.3 Å². The predicted octanol–water partition coefficient (Wildman–Crippen LogP) is 1.33. The number of aromatic nitrogens is 2. The summed E-state index contributed by atoms with van der Waals surface area (Å²) in [5.41, 5.74) is 1.56. The lowest BCUT2D eigenvalue weighted by molar-refractivity contribution is -0.130. The van der Waals surface area contributed by atoms with E-state index in [1.807, 2.05) is 28.1 Å². The maximum atomic E-state index is 12.5. The molecule has 2 aromatic rings. The Morgan fingerprint density at radius 1 is 1.04 bits per heavy atom. The molecule has 0 saturated carbocycles. The SMILES string of the molecule is O=C(Cc1ccc[nH]1)N1CCCN(C(=O)c2ccncc2)CC1. The molecule has 1 N–H and O–H groups in total. The lowest BCUT2D eigenvalue weighted by Crippen LogP contribution is -2.38. The predicted molar refractivity (Wildman–Crippen MR) is 85.8 cm³/mol. The monoisotopic (exact) mass is 312 g/mol. The summed E-state index contributed by atoms with van der Waals surface area (Å²) in [7, 11) is 0. The van der Waals surface area contributed by atoms with E-state index < -0.39 is 0 Å². The molecule has 0 aromatic carbocycles. The largest absolute Gasteiger partial charge is 0.365 e. The summed E-state index contributed by atoms with van der Waals surface area (Å²) in [6.45, 7) is 2.51. The summed E-state index contributed by atoms with van der Waals surface area (Å²) in [4.78, 5) is 35.5. The zero-order valence-electron chi connectivity index (χ0n) is 12.9. The first-order valence-corrected chi connectivity index (χ1v) is 7.83. The van der Waals surface area contributed by atoms with E-state index in [4.69, 9.17) is 0 Å². The van der Waals surface area contributed by atoms with Crippen molar-refractivity contribution in [2.45, 2.75) is 12.8 Å². The van der Waals surface area contributed by atoms with Crippen molar-refractivity contribution in [1.29, 1.82) is 0 Å². The summed E-state index contributed by atoms with van der Waals surface area (Å²) >= 11 is 0. The molecular formula is C17H20N4O2. The van der Waals surface area contributed by atoms with Crippen LogP contribution < -0.4 is 0 Å². The lowest BCUT2D eigenvalue weighted by Gasteiger charge is -2.22. The van der Waals surface area contributed by atoms with Crippen molar-refractivity contribution >= 4 is 11.8 Å². The van der Waals surface area contributed by atoms with Crippen molar-refractivity contribution in [2.75, 3.05) is 26.2 Å². The fourth-order valence-corrected chi connectivity index (χ4v) is 2.80. The molecule has 2 amide bonds. The second-order valence-corrected chi connectivity index (χ2v) is 5.63. The van der Waals surface area contributed by atoms with E-state index in [-0.39, 0.29) is 11.8 Å². The minimum Gasteiger partial charge on any atom is -0.365 e. The average Bonchev–Trinajstić information content (AvgIpc) is 2.96. The van der Waals surface area contributed by atoms with Gasteiger partial charge >= 0.3 is 0 Å². The fourth-order valence-electron chi connectivity index (χ4n) is 2.80. The van der Waals surface area contributed by atoms with Crippen LogP contribution in [0.2, 0.25) is 0 Å². The van der Waals surface area contributed by atoms with E-state index in [1.165, 1.54) is 0 Å². The van der Waals surface area contributed by atoms with Crippen LogP contribution in [0.5, 0.6) is 0 Å². The Kier molecular flexibility index (Phi) is 4.71. The van der Waals surface area contributed by atoms with Gasteiger partial charge in [-0.2, -0.15) is 0 Å². The van der Waals surface area contributed by atoms with E-state index in [9.17, 15) is 9.59 Å². The number of pyridine rings is 1. The molecule has 6 nitrogen and oxygen atoms in total. The first kappa shape index (κ1) is 15.3. The van der Waals surface area contributed by atoms with Crippen LogP contribution in [0.3, 0.4) is 0 Å². The van der Waals surface area contributed by atoms with Gasteiger partial charge in [0.15, 0.2) is 0 Å². The number of rotatable bonds is 3. The number of hydrogen-bond donors (Lipinski definition) is 1. The Labute approximate surface area is 135 Å². The molecule has 2 aromatic heterocycles. The molecule has 120 valence electrons. The van der Waals surface area contributed by atoms with Gasteiger partial charge in [-0.15, -0.1) is 0 Å². The molecule has 1 aliphatic heterocycles. The molecule has 0 unspecified atom stereocenters. The highest BCUT2D eigenvalue weighted by Gasteiger charge is 2.22. The van der Waals surface area contributed by atoms with Crippen LogP contribution in [0.4, 0.5) is 0 Å². The zero-order chi connectivity index (χ0) is 16.1. The van der Waals surface area contributed by atoms with Gasteiger partial charge in [0, 0.05) is 56.0 Å². The van der Waals surface area contributed by atoms with Gasteiger partial charge in [0.05, 0.1) is 6.42 Å². The van der Waals surface area contributed by atoms with Crippen LogP contribution in [-0.4, -0.2) is 57.8 Å². The molecule has 6 heteroatoms. The number of nitrogens with zero attached hydrogens (tertiary/aromatic N) is 3. The van der Waals surface area contributed by atoms with E-state index in [2.05, 4.69) is 9.97 Å². The van der Waals surface area contributed by atoms with Gasteiger partial charge in [-0.1, -0.05) is 0 Å². The smallest absolute Gasteiger partial charge is 0.254 e.